The van der Waals surface area contributed by atoms with Gasteiger partial charge in [0, 0.05) is 18.9 Å². The molecule has 3 aromatic heterocycles. The first-order valence-electron chi connectivity index (χ1n) is 9.41. The van der Waals surface area contributed by atoms with E-state index in [1.165, 1.54) is 23.5 Å². The molecule has 160 valence electrons. The van der Waals surface area contributed by atoms with E-state index in [9.17, 15) is 18.0 Å². The molecule has 3 heterocycles. The predicted molar refractivity (Wildman–Crippen MR) is 104 cm³/mol. The molecule has 0 saturated carbocycles. The number of hydrogen-bond acceptors (Lipinski definition) is 4. The first-order chi connectivity index (χ1) is 14.9. The number of imidazole rings is 1. The van der Waals surface area contributed by atoms with E-state index < -0.39 is 11.7 Å². The fraction of sp³-hybridized carbons (Fsp3) is 0.182. The zero-order valence-electron chi connectivity index (χ0n) is 16.2. The lowest BCUT2D eigenvalue weighted by Crippen LogP contribution is -2.31. The molecule has 0 N–H and O–H groups in total. The molecule has 0 unspecified atom stereocenters. The van der Waals surface area contributed by atoms with Crippen LogP contribution in [0, 0.1) is 0 Å². The summed E-state index contributed by atoms with van der Waals surface area (Å²) in [6.45, 7) is 0.484. The number of rotatable bonds is 7. The zero-order chi connectivity index (χ0) is 21.8. The number of alkyl halides is 3. The van der Waals surface area contributed by atoms with E-state index in [4.69, 9.17) is 8.83 Å². The molecule has 0 radical (unpaired) electrons. The number of aromatic nitrogens is 2. The molecule has 4 rings (SSSR count). The van der Waals surface area contributed by atoms with Crippen LogP contribution in [0.3, 0.4) is 0 Å². The van der Waals surface area contributed by atoms with Crippen molar-refractivity contribution in [2.45, 2.75) is 25.8 Å². The Kier molecular flexibility index (Phi) is 5.66. The lowest BCUT2D eigenvalue weighted by molar-refractivity contribution is -0.137. The summed E-state index contributed by atoms with van der Waals surface area (Å²) < 4.78 is 51.4. The molecule has 4 aromatic rings. The van der Waals surface area contributed by atoms with Crippen molar-refractivity contribution in [2.24, 2.45) is 0 Å². The number of nitrogens with zero attached hydrogens (tertiary/aromatic N) is 3. The SMILES string of the molecule is O=C(c1ccco1)N(Cc1ccco1)Cc1nccn1Cc1cccc(C(F)(F)F)c1. The average Bonchev–Trinajstić information content (AvgIpc) is 3.51. The Labute approximate surface area is 175 Å². The van der Waals surface area contributed by atoms with Crippen molar-refractivity contribution >= 4 is 5.91 Å². The van der Waals surface area contributed by atoms with E-state index in [1.54, 1.807) is 47.3 Å². The Bertz CT molecular complexity index is 1130. The van der Waals surface area contributed by atoms with Gasteiger partial charge in [-0.2, -0.15) is 13.2 Å². The zero-order valence-corrected chi connectivity index (χ0v) is 16.2. The summed E-state index contributed by atoms with van der Waals surface area (Å²) in [4.78, 5) is 18.7. The second-order valence-electron chi connectivity index (χ2n) is 6.89. The third kappa shape index (κ3) is 4.88. The van der Waals surface area contributed by atoms with Crippen molar-refractivity contribution in [1.29, 1.82) is 0 Å². The van der Waals surface area contributed by atoms with Gasteiger partial charge in [0.2, 0.25) is 0 Å². The van der Waals surface area contributed by atoms with E-state index in [-0.39, 0.29) is 31.3 Å². The molecule has 9 heteroatoms. The fourth-order valence-corrected chi connectivity index (χ4v) is 3.20. The minimum atomic E-state index is -4.41. The smallest absolute Gasteiger partial charge is 0.416 e. The Morgan fingerprint density at radius 1 is 1.03 bits per heavy atom. The lowest BCUT2D eigenvalue weighted by atomic mass is 10.1. The lowest BCUT2D eigenvalue weighted by Gasteiger charge is -2.21. The molecule has 0 bridgehead atoms. The van der Waals surface area contributed by atoms with E-state index >= 15 is 0 Å². The summed E-state index contributed by atoms with van der Waals surface area (Å²) in [7, 11) is 0. The Morgan fingerprint density at radius 2 is 1.84 bits per heavy atom. The van der Waals surface area contributed by atoms with Gasteiger partial charge in [-0.1, -0.05) is 12.1 Å². The normalized spacial score (nSPS) is 11.6. The van der Waals surface area contributed by atoms with Crippen LogP contribution in [0.2, 0.25) is 0 Å². The minimum Gasteiger partial charge on any atom is -0.467 e. The van der Waals surface area contributed by atoms with Crippen molar-refractivity contribution < 1.29 is 26.8 Å². The Balaban J connectivity index is 1.56. The number of hydrogen-bond donors (Lipinski definition) is 0. The number of carbonyl (C=O) groups is 1. The van der Waals surface area contributed by atoms with E-state index in [0.717, 1.165) is 12.1 Å². The molecule has 0 saturated heterocycles. The monoisotopic (exact) mass is 429 g/mol. The van der Waals surface area contributed by atoms with Crippen LogP contribution in [0.25, 0.3) is 0 Å². The Morgan fingerprint density at radius 3 is 2.55 bits per heavy atom. The van der Waals surface area contributed by atoms with Gasteiger partial charge in [-0.05, 0) is 42.0 Å². The van der Waals surface area contributed by atoms with Crippen LogP contribution in [-0.2, 0) is 25.8 Å². The van der Waals surface area contributed by atoms with Crippen LogP contribution < -0.4 is 0 Å². The maximum atomic E-state index is 13.0. The minimum absolute atomic E-state index is 0.117. The van der Waals surface area contributed by atoms with Gasteiger partial charge in [0.1, 0.15) is 11.6 Å². The van der Waals surface area contributed by atoms with Gasteiger partial charge < -0.3 is 18.3 Å². The standard InChI is InChI=1S/C22H18F3N3O3/c23-22(24,25)17-5-1-4-16(12-17)13-27-9-8-26-20(27)15-28(14-18-6-2-10-30-18)21(29)19-7-3-11-31-19/h1-12H,13-15H2. The van der Waals surface area contributed by atoms with Gasteiger partial charge in [-0.3, -0.25) is 4.79 Å². The quantitative estimate of drug-likeness (QED) is 0.416. The first kappa shape index (κ1) is 20.5. The average molecular weight is 429 g/mol. The molecule has 0 fully saturated rings. The van der Waals surface area contributed by atoms with Crippen LogP contribution >= 0.6 is 0 Å². The molecular formula is C22H18F3N3O3. The van der Waals surface area contributed by atoms with Gasteiger partial charge in [-0.15, -0.1) is 0 Å². The third-order valence-electron chi connectivity index (χ3n) is 4.69. The fourth-order valence-electron chi connectivity index (χ4n) is 3.20. The van der Waals surface area contributed by atoms with Gasteiger partial charge in [-0.25, -0.2) is 4.98 Å². The highest BCUT2D eigenvalue weighted by atomic mass is 19.4. The molecule has 0 aliphatic carbocycles. The molecule has 31 heavy (non-hydrogen) atoms. The predicted octanol–water partition coefficient (Wildman–Crippen LogP) is 4.98. The number of halogens is 3. The second kappa shape index (κ2) is 8.55. The Hall–Kier alpha value is -3.75. The van der Waals surface area contributed by atoms with Crippen LogP contribution in [0.15, 0.2) is 82.3 Å². The van der Waals surface area contributed by atoms with Crippen LogP contribution in [0.5, 0.6) is 0 Å². The van der Waals surface area contributed by atoms with Gasteiger partial charge in [0.25, 0.3) is 5.91 Å². The van der Waals surface area contributed by atoms with Crippen molar-refractivity contribution in [3.8, 4) is 0 Å². The van der Waals surface area contributed by atoms with E-state index in [0.29, 0.717) is 17.1 Å². The summed E-state index contributed by atoms with van der Waals surface area (Å²) in [5.41, 5.74) is -0.233. The summed E-state index contributed by atoms with van der Waals surface area (Å²) in [6.07, 6.45) is 1.72. The van der Waals surface area contributed by atoms with Crippen molar-refractivity contribution in [3.05, 3.63) is 102 Å². The van der Waals surface area contributed by atoms with Crippen LogP contribution in [0.4, 0.5) is 13.2 Å². The molecular weight excluding hydrogens is 411 g/mol. The highest BCUT2D eigenvalue weighted by Crippen LogP contribution is 2.29. The number of amides is 1. The number of carbonyl (C=O) groups excluding carboxylic acids is 1. The molecule has 0 aliphatic heterocycles. The summed E-state index contributed by atoms with van der Waals surface area (Å²) >= 11 is 0. The van der Waals surface area contributed by atoms with Crippen LogP contribution in [0.1, 0.15) is 33.3 Å². The van der Waals surface area contributed by atoms with Crippen molar-refractivity contribution in [2.75, 3.05) is 0 Å². The summed E-state index contributed by atoms with van der Waals surface area (Å²) in [5.74, 6) is 0.914. The van der Waals surface area contributed by atoms with Gasteiger partial charge in [0.05, 0.1) is 31.2 Å². The largest absolute Gasteiger partial charge is 0.467 e. The topological polar surface area (TPSA) is 64.4 Å². The molecule has 0 aliphatic rings. The maximum absolute atomic E-state index is 13.0. The van der Waals surface area contributed by atoms with Gasteiger partial charge >= 0.3 is 6.18 Å². The molecule has 0 atom stereocenters. The molecule has 1 amide bonds. The molecule has 0 spiro atoms. The maximum Gasteiger partial charge on any atom is 0.416 e. The number of benzene rings is 1. The summed E-state index contributed by atoms with van der Waals surface area (Å²) in [5, 5.41) is 0. The third-order valence-corrected chi connectivity index (χ3v) is 4.69. The van der Waals surface area contributed by atoms with Crippen molar-refractivity contribution in [3.63, 3.8) is 0 Å². The molecule has 6 nitrogen and oxygen atoms in total. The number of furan rings is 2. The van der Waals surface area contributed by atoms with Crippen molar-refractivity contribution in [1.82, 2.24) is 14.5 Å². The summed E-state index contributed by atoms with van der Waals surface area (Å²) in [6, 6.07) is 11.8. The molecule has 1 aromatic carbocycles. The highest BCUT2D eigenvalue weighted by Gasteiger charge is 2.30. The van der Waals surface area contributed by atoms with E-state index in [1.807, 2.05) is 0 Å². The van der Waals surface area contributed by atoms with Crippen LogP contribution in [-0.4, -0.2) is 20.4 Å². The van der Waals surface area contributed by atoms with E-state index in [2.05, 4.69) is 4.98 Å². The highest BCUT2D eigenvalue weighted by molar-refractivity contribution is 5.91. The first-order valence-corrected chi connectivity index (χ1v) is 9.41. The van der Waals surface area contributed by atoms with Gasteiger partial charge in [0.15, 0.2) is 5.76 Å². The second-order valence-corrected chi connectivity index (χ2v) is 6.89.